The zero-order chi connectivity index (χ0) is 14.5. The topological polar surface area (TPSA) is 98.9 Å². The van der Waals surface area contributed by atoms with Crippen LogP contribution in [0.4, 0.5) is 5.95 Å². The molecule has 0 aliphatic carbocycles. The zero-order valence-electron chi connectivity index (χ0n) is 11.7. The van der Waals surface area contributed by atoms with Gasteiger partial charge in [-0.2, -0.15) is 15.0 Å². The molecule has 108 valence electrons. The predicted molar refractivity (Wildman–Crippen MR) is 72.9 cm³/mol. The first-order valence-corrected chi connectivity index (χ1v) is 7.03. The summed E-state index contributed by atoms with van der Waals surface area (Å²) in [5, 5.41) is 11.5. The van der Waals surface area contributed by atoms with Gasteiger partial charge in [0.2, 0.25) is 17.0 Å². The number of nitrogens with zero attached hydrogens (tertiary/aromatic N) is 5. The van der Waals surface area contributed by atoms with Gasteiger partial charge in [0.05, 0.1) is 6.10 Å². The molecule has 0 aliphatic heterocycles. The number of nitrogens with one attached hydrogen (secondary N) is 1. The third-order valence-electron chi connectivity index (χ3n) is 1.96. The Morgan fingerprint density at radius 1 is 1.25 bits per heavy atom. The van der Waals surface area contributed by atoms with Crippen LogP contribution >= 0.6 is 11.8 Å². The van der Waals surface area contributed by atoms with E-state index in [-0.39, 0.29) is 12.1 Å². The lowest BCUT2D eigenvalue weighted by Crippen LogP contribution is -2.11. The van der Waals surface area contributed by atoms with Crippen molar-refractivity contribution < 1.29 is 9.15 Å². The van der Waals surface area contributed by atoms with E-state index in [2.05, 4.69) is 30.5 Å². The molecule has 0 radical (unpaired) electrons. The van der Waals surface area contributed by atoms with E-state index >= 15 is 0 Å². The van der Waals surface area contributed by atoms with Crippen LogP contribution in [0, 0.1) is 6.92 Å². The number of hydrogen-bond donors (Lipinski definition) is 1. The summed E-state index contributed by atoms with van der Waals surface area (Å²) < 4.78 is 10.8. The third-order valence-corrected chi connectivity index (χ3v) is 2.66. The lowest BCUT2D eigenvalue weighted by Gasteiger charge is -2.09. The molecule has 2 heterocycles. The first kappa shape index (κ1) is 14.5. The molecule has 2 aromatic heterocycles. The number of aryl methyl sites for hydroxylation is 1. The Balaban J connectivity index is 2.23. The van der Waals surface area contributed by atoms with Crippen molar-refractivity contribution in [2.24, 2.45) is 0 Å². The molecule has 2 aromatic rings. The van der Waals surface area contributed by atoms with Gasteiger partial charge in [-0.05, 0) is 20.8 Å². The first-order chi connectivity index (χ1) is 9.56. The second-order valence-electron chi connectivity index (χ2n) is 4.11. The average molecular weight is 296 g/mol. The predicted octanol–water partition coefficient (Wildman–Crippen LogP) is 1.93. The van der Waals surface area contributed by atoms with E-state index < -0.39 is 0 Å². The fourth-order valence-electron chi connectivity index (χ4n) is 1.28. The SMILES string of the molecule is CCNc1nc(OC(C)C)nc(Sc2nnc(C)o2)n1. The molecule has 0 bridgehead atoms. The highest BCUT2D eigenvalue weighted by Gasteiger charge is 2.13. The molecule has 0 unspecified atom stereocenters. The zero-order valence-corrected chi connectivity index (χ0v) is 12.6. The van der Waals surface area contributed by atoms with E-state index in [1.165, 1.54) is 11.8 Å². The smallest absolute Gasteiger partial charge is 0.322 e. The molecular formula is C11H16N6O2S. The molecule has 0 amide bonds. The van der Waals surface area contributed by atoms with Gasteiger partial charge in [-0.25, -0.2) is 0 Å². The second kappa shape index (κ2) is 6.51. The van der Waals surface area contributed by atoms with E-state index in [9.17, 15) is 0 Å². The molecule has 9 heteroatoms. The number of anilines is 1. The number of rotatable bonds is 6. The van der Waals surface area contributed by atoms with Crippen LogP contribution in [0.2, 0.25) is 0 Å². The highest BCUT2D eigenvalue weighted by Crippen LogP contribution is 2.25. The van der Waals surface area contributed by atoms with Crippen LogP contribution in [0.5, 0.6) is 6.01 Å². The van der Waals surface area contributed by atoms with Crippen molar-refractivity contribution in [2.45, 2.75) is 44.2 Å². The van der Waals surface area contributed by atoms with Gasteiger partial charge in [0.1, 0.15) is 0 Å². The highest BCUT2D eigenvalue weighted by molar-refractivity contribution is 7.98. The van der Waals surface area contributed by atoms with Gasteiger partial charge in [0.25, 0.3) is 5.22 Å². The quantitative estimate of drug-likeness (QED) is 0.857. The Bertz CT molecular complexity index is 574. The molecular weight excluding hydrogens is 280 g/mol. The lowest BCUT2D eigenvalue weighted by molar-refractivity contribution is 0.219. The minimum atomic E-state index is -0.0182. The molecule has 0 spiro atoms. The Morgan fingerprint density at radius 2 is 2.05 bits per heavy atom. The van der Waals surface area contributed by atoms with E-state index in [0.29, 0.717) is 28.8 Å². The fraction of sp³-hybridized carbons (Fsp3) is 0.545. The molecule has 0 fully saturated rings. The molecule has 0 saturated carbocycles. The second-order valence-corrected chi connectivity index (χ2v) is 5.03. The molecule has 0 aliphatic rings. The summed E-state index contributed by atoms with van der Waals surface area (Å²) in [6, 6.07) is 0.268. The Hall–Kier alpha value is -1.90. The Morgan fingerprint density at radius 3 is 2.65 bits per heavy atom. The van der Waals surface area contributed by atoms with Gasteiger partial charge < -0.3 is 14.5 Å². The van der Waals surface area contributed by atoms with Crippen molar-refractivity contribution in [1.29, 1.82) is 0 Å². The normalized spacial score (nSPS) is 10.8. The molecule has 2 rings (SSSR count). The average Bonchev–Trinajstić information content (AvgIpc) is 2.74. The molecule has 0 atom stereocenters. The summed E-state index contributed by atoms with van der Waals surface area (Å²) in [5.74, 6) is 0.948. The molecule has 8 nitrogen and oxygen atoms in total. The monoisotopic (exact) mass is 296 g/mol. The molecule has 20 heavy (non-hydrogen) atoms. The van der Waals surface area contributed by atoms with Crippen molar-refractivity contribution in [2.75, 3.05) is 11.9 Å². The molecule has 0 aromatic carbocycles. The highest BCUT2D eigenvalue weighted by atomic mass is 32.2. The van der Waals surface area contributed by atoms with Crippen LogP contribution in [0.25, 0.3) is 0 Å². The number of ether oxygens (including phenoxy) is 1. The number of aromatic nitrogens is 5. The molecule has 1 N–H and O–H groups in total. The van der Waals surface area contributed by atoms with Gasteiger partial charge in [-0.3, -0.25) is 0 Å². The van der Waals surface area contributed by atoms with Gasteiger partial charge in [-0.15, -0.1) is 10.2 Å². The van der Waals surface area contributed by atoms with E-state index in [1.54, 1.807) is 6.92 Å². The van der Waals surface area contributed by atoms with Crippen molar-refractivity contribution in [3.8, 4) is 6.01 Å². The minimum absolute atomic E-state index is 0.0182. The van der Waals surface area contributed by atoms with Gasteiger partial charge in [0, 0.05) is 25.2 Å². The maximum atomic E-state index is 5.50. The van der Waals surface area contributed by atoms with E-state index in [4.69, 9.17) is 9.15 Å². The summed E-state index contributed by atoms with van der Waals surface area (Å²) in [5.41, 5.74) is 0. The largest absolute Gasteiger partial charge is 0.461 e. The van der Waals surface area contributed by atoms with E-state index in [0.717, 1.165) is 0 Å². The van der Waals surface area contributed by atoms with Crippen molar-refractivity contribution >= 4 is 17.7 Å². The van der Waals surface area contributed by atoms with Crippen LogP contribution in [-0.4, -0.2) is 37.8 Å². The fourth-order valence-corrected chi connectivity index (χ4v) is 1.94. The minimum Gasteiger partial charge on any atom is -0.461 e. The Labute approximate surface area is 120 Å². The maximum Gasteiger partial charge on any atom is 0.322 e. The van der Waals surface area contributed by atoms with Crippen LogP contribution in [-0.2, 0) is 0 Å². The molecule has 0 saturated heterocycles. The first-order valence-electron chi connectivity index (χ1n) is 6.21. The van der Waals surface area contributed by atoms with E-state index in [1.807, 2.05) is 20.8 Å². The lowest BCUT2D eigenvalue weighted by atomic mass is 10.5. The summed E-state index contributed by atoms with van der Waals surface area (Å²) in [6.45, 7) is 8.20. The Kier molecular flexibility index (Phi) is 4.72. The summed E-state index contributed by atoms with van der Waals surface area (Å²) in [6.07, 6.45) is -0.0182. The maximum absolute atomic E-state index is 5.50. The summed E-state index contributed by atoms with van der Waals surface area (Å²) in [4.78, 5) is 12.6. The van der Waals surface area contributed by atoms with Crippen LogP contribution in [0.3, 0.4) is 0 Å². The third kappa shape index (κ3) is 4.05. The van der Waals surface area contributed by atoms with Crippen molar-refractivity contribution in [3.05, 3.63) is 5.89 Å². The van der Waals surface area contributed by atoms with Gasteiger partial charge in [-0.1, -0.05) is 0 Å². The standard InChI is InChI=1S/C11H16N6O2S/c1-5-12-8-13-9(18-6(2)3)15-10(14-8)20-11-17-16-7(4)19-11/h6H,5H2,1-4H3,(H,12,13,14,15). The number of hydrogen-bond acceptors (Lipinski definition) is 9. The van der Waals surface area contributed by atoms with Crippen LogP contribution < -0.4 is 10.1 Å². The van der Waals surface area contributed by atoms with Crippen molar-refractivity contribution in [1.82, 2.24) is 25.1 Å². The van der Waals surface area contributed by atoms with Gasteiger partial charge >= 0.3 is 6.01 Å². The van der Waals surface area contributed by atoms with Crippen LogP contribution in [0.15, 0.2) is 14.8 Å². The van der Waals surface area contributed by atoms with Crippen LogP contribution in [0.1, 0.15) is 26.7 Å². The summed E-state index contributed by atoms with van der Waals surface area (Å²) in [7, 11) is 0. The van der Waals surface area contributed by atoms with Crippen molar-refractivity contribution in [3.63, 3.8) is 0 Å². The van der Waals surface area contributed by atoms with Gasteiger partial charge in [0.15, 0.2) is 0 Å². The summed E-state index contributed by atoms with van der Waals surface area (Å²) >= 11 is 1.17.